The fraction of sp³-hybridized carbons (Fsp3) is 0. The molecule has 0 radical (unpaired) electrons. The first-order chi connectivity index (χ1) is 28.5. The molecule has 2 heterocycles. The molecule has 1 aromatic heterocycles. The van der Waals surface area contributed by atoms with E-state index in [-0.39, 0.29) is 0 Å². The first kappa shape index (κ1) is 34.2. The highest BCUT2D eigenvalue weighted by atomic mass is 16.2. The van der Waals surface area contributed by atoms with Crippen LogP contribution in [-0.4, -0.2) is 16.4 Å². The smallest absolute Gasteiger partial charge is 0.268 e. The van der Waals surface area contributed by atoms with E-state index in [1.165, 1.54) is 4.90 Å². The normalized spacial score (nSPS) is 12.1. The summed E-state index contributed by atoms with van der Waals surface area (Å²) in [6.07, 6.45) is 0. The van der Waals surface area contributed by atoms with Gasteiger partial charge in [0, 0.05) is 16.3 Å². The molecule has 0 saturated heterocycles. The van der Waals surface area contributed by atoms with Crippen LogP contribution >= 0.6 is 0 Å². The van der Waals surface area contributed by atoms with Crippen LogP contribution in [0.15, 0.2) is 182 Å². The van der Waals surface area contributed by atoms with Gasteiger partial charge in [0.05, 0.1) is 51.7 Å². The third kappa shape index (κ3) is 5.56. The van der Waals surface area contributed by atoms with Gasteiger partial charge in [-0.25, -0.2) is 9.74 Å². The molecule has 270 valence electrons. The summed E-state index contributed by atoms with van der Waals surface area (Å²) in [5.74, 6) is -0.799. The van der Waals surface area contributed by atoms with Crippen LogP contribution < -0.4 is 4.90 Å². The number of carbonyl (C=O) groups excluding carboxylic acids is 2. The summed E-state index contributed by atoms with van der Waals surface area (Å²) in [6, 6.07) is 60.9. The average Bonchev–Trinajstić information content (AvgIpc) is 3.75. The lowest BCUT2D eigenvalue weighted by atomic mass is 9.97. The monoisotopic (exact) mass is 742 g/mol. The van der Waals surface area contributed by atoms with Crippen molar-refractivity contribution in [3.63, 3.8) is 0 Å². The second-order valence-electron chi connectivity index (χ2n) is 14.3. The fourth-order valence-electron chi connectivity index (χ4n) is 8.22. The number of hydrogen-bond acceptors (Lipinski definition) is 3. The number of hydrogen-bond donors (Lipinski definition) is 0. The molecule has 0 fully saturated rings. The number of nitrogens with zero attached hydrogens (tertiary/aromatic N) is 4. The minimum absolute atomic E-state index is 0.315. The van der Waals surface area contributed by atoms with Gasteiger partial charge in [-0.05, 0) is 93.5 Å². The molecule has 1 aliphatic rings. The van der Waals surface area contributed by atoms with Gasteiger partial charge >= 0.3 is 0 Å². The summed E-state index contributed by atoms with van der Waals surface area (Å²) in [5, 5.41) is 11.6. The molecule has 0 atom stereocenters. The topological polar surface area (TPSA) is 70.5 Å². The van der Waals surface area contributed by atoms with E-state index >= 15 is 4.79 Å². The number of imide groups is 1. The van der Waals surface area contributed by atoms with Crippen molar-refractivity contribution < 1.29 is 9.59 Å². The van der Waals surface area contributed by atoms with E-state index in [1.54, 1.807) is 18.2 Å². The van der Waals surface area contributed by atoms with E-state index in [4.69, 9.17) is 6.57 Å². The molecule has 0 saturated carbocycles. The molecule has 6 heteroatoms. The van der Waals surface area contributed by atoms with Crippen LogP contribution in [-0.2, 0) is 0 Å². The van der Waals surface area contributed by atoms with Gasteiger partial charge in [0.25, 0.3) is 11.8 Å². The number of benzene rings is 8. The zero-order valence-corrected chi connectivity index (χ0v) is 30.9. The second kappa shape index (κ2) is 13.8. The first-order valence-corrected chi connectivity index (χ1v) is 18.8. The molecule has 1 aliphatic heterocycles. The highest BCUT2D eigenvalue weighted by Gasteiger charge is 2.40. The lowest BCUT2D eigenvalue weighted by Gasteiger charge is -2.20. The molecular formula is C52H30N4O2. The van der Waals surface area contributed by atoms with Crippen LogP contribution in [0.2, 0.25) is 0 Å². The van der Waals surface area contributed by atoms with Crippen molar-refractivity contribution in [3.8, 4) is 56.3 Å². The Bertz CT molecular complexity index is 3130. The summed E-state index contributed by atoms with van der Waals surface area (Å²) in [6.45, 7) is 7.61. The maximum absolute atomic E-state index is 15.1. The van der Waals surface area contributed by atoms with E-state index in [0.717, 1.165) is 66.3 Å². The van der Waals surface area contributed by atoms with Crippen molar-refractivity contribution >= 4 is 45.0 Å². The molecule has 9 aromatic rings. The zero-order chi connectivity index (χ0) is 39.3. The Kier molecular flexibility index (Phi) is 8.11. The molecule has 0 N–H and O–H groups in total. The number of amides is 2. The number of rotatable bonds is 6. The van der Waals surface area contributed by atoms with Crippen molar-refractivity contribution in [2.45, 2.75) is 0 Å². The number of aromatic nitrogens is 1. The summed E-state index contributed by atoms with van der Waals surface area (Å²) in [5.41, 5.74) is 11.7. The second-order valence-corrected chi connectivity index (χ2v) is 14.3. The van der Waals surface area contributed by atoms with Gasteiger partial charge < -0.3 is 4.57 Å². The first-order valence-electron chi connectivity index (χ1n) is 18.8. The highest BCUT2D eigenvalue weighted by molar-refractivity contribution is 6.36. The Balaban J connectivity index is 1.20. The van der Waals surface area contributed by atoms with E-state index in [2.05, 4.69) is 45.8 Å². The average molecular weight is 743 g/mol. The molecular weight excluding hydrogens is 713 g/mol. The molecule has 2 amide bonds. The Labute approximate surface area is 334 Å². The fourth-order valence-corrected chi connectivity index (χ4v) is 8.22. The SMILES string of the molecule is [C-]#[N+]c1cccc(-c2ccc3c4ccc(-c5cccc(C#N)c5)cc4n(-c4cccc5c4C(=O)N(c4ccc(-c6ccccc6)cc4-c4ccccc4)C5=O)c3c2)c1. The van der Waals surface area contributed by atoms with Gasteiger partial charge in [-0.3, -0.25) is 9.59 Å². The molecule has 0 unspecified atom stereocenters. The van der Waals surface area contributed by atoms with E-state index in [9.17, 15) is 10.1 Å². The van der Waals surface area contributed by atoms with Crippen molar-refractivity contribution in [1.29, 1.82) is 5.26 Å². The Morgan fingerprint density at radius 1 is 0.466 bits per heavy atom. The van der Waals surface area contributed by atoms with E-state index in [1.807, 2.05) is 133 Å². The van der Waals surface area contributed by atoms with Gasteiger partial charge in [0.1, 0.15) is 0 Å². The van der Waals surface area contributed by atoms with Crippen LogP contribution in [0.1, 0.15) is 26.3 Å². The summed E-state index contributed by atoms with van der Waals surface area (Å²) < 4.78 is 2.08. The standard InChI is InChI=1S/C52H30N4O2/c1-54-41-18-9-17-37(28-41)40-22-25-43-42-24-21-39(36-16-8-11-33(27-36)32-53)30-48(42)55(49(43)31-40)47-20-10-19-44-50(47)52(58)56(51(44)57)46-26-23-38(34-12-4-2-5-13-34)29-45(46)35-14-6-3-7-15-35/h2-31H. The van der Waals surface area contributed by atoms with Gasteiger partial charge in [-0.15, -0.1) is 0 Å². The van der Waals surface area contributed by atoms with Gasteiger partial charge in [-0.2, -0.15) is 5.26 Å². The highest BCUT2D eigenvalue weighted by Crippen LogP contribution is 2.43. The van der Waals surface area contributed by atoms with Crippen LogP contribution in [0, 0.1) is 17.9 Å². The summed E-state index contributed by atoms with van der Waals surface area (Å²) >= 11 is 0. The van der Waals surface area contributed by atoms with Crippen LogP contribution in [0.4, 0.5) is 11.4 Å². The number of fused-ring (bicyclic) bond motifs is 4. The molecule has 58 heavy (non-hydrogen) atoms. The quantitative estimate of drug-likeness (QED) is 0.126. The number of carbonyl (C=O) groups is 2. The van der Waals surface area contributed by atoms with Crippen LogP contribution in [0.25, 0.3) is 76.8 Å². The number of anilines is 1. The largest absolute Gasteiger partial charge is 0.308 e. The van der Waals surface area contributed by atoms with E-state index in [0.29, 0.717) is 33.8 Å². The maximum atomic E-state index is 15.1. The predicted octanol–water partition coefficient (Wildman–Crippen LogP) is 12.7. The minimum atomic E-state index is -0.408. The molecule has 0 aliphatic carbocycles. The summed E-state index contributed by atoms with van der Waals surface area (Å²) in [7, 11) is 0. The zero-order valence-electron chi connectivity index (χ0n) is 30.9. The third-order valence-corrected chi connectivity index (χ3v) is 11.0. The van der Waals surface area contributed by atoms with Gasteiger partial charge in [-0.1, -0.05) is 127 Å². The predicted molar refractivity (Wildman–Crippen MR) is 231 cm³/mol. The third-order valence-electron chi connectivity index (χ3n) is 11.0. The van der Waals surface area contributed by atoms with Crippen molar-refractivity contribution in [1.82, 2.24) is 4.57 Å². The minimum Gasteiger partial charge on any atom is -0.308 e. The van der Waals surface area contributed by atoms with Crippen molar-refractivity contribution in [3.05, 3.63) is 210 Å². The summed E-state index contributed by atoms with van der Waals surface area (Å²) in [4.78, 5) is 34.7. The lowest BCUT2D eigenvalue weighted by Crippen LogP contribution is -2.30. The Morgan fingerprint density at radius 2 is 1.03 bits per heavy atom. The van der Waals surface area contributed by atoms with Gasteiger partial charge in [0.15, 0.2) is 5.69 Å². The van der Waals surface area contributed by atoms with Crippen molar-refractivity contribution in [2.75, 3.05) is 4.90 Å². The molecule has 6 nitrogen and oxygen atoms in total. The van der Waals surface area contributed by atoms with E-state index < -0.39 is 11.8 Å². The molecule has 0 spiro atoms. The number of nitriles is 1. The van der Waals surface area contributed by atoms with Gasteiger partial charge in [0.2, 0.25) is 0 Å². The maximum Gasteiger partial charge on any atom is 0.268 e. The lowest BCUT2D eigenvalue weighted by molar-refractivity contribution is 0.0926. The molecule has 0 bridgehead atoms. The molecule has 8 aromatic carbocycles. The van der Waals surface area contributed by atoms with Crippen LogP contribution in [0.5, 0.6) is 0 Å². The van der Waals surface area contributed by atoms with Crippen LogP contribution in [0.3, 0.4) is 0 Å². The molecule has 10 rings (SSSR count). The Morgan fingerprint density at radius 3 is 1.71 bits per heavy atom. The Hall–Kier alpha value is -8.32. The van der Waals surface area contributed by atoms with Crippen molar-refractivity contribution in [2.24, 2.45) is 0 Å².